The Bertz CT molecular complexity index is 884. The highest BCUT2D eigenvalue weighted by atomic mass is 19.1. The molecule has 1 aliphatic heterocycles. The van der Waals surface area contributed by atoms with E-state index < -0.39 is 0 Å². The first kappa shape index (κ1) is 22.9. The smallest absolute Gasteiger partial charge is 0.237 e. The van der Waals surface area contributed by atoms with Crippen LogP contribution >= 0.6 is 0 Å². The van der Waals surface area contributed by atoms with Crippen molar-refractivity contribution in [2.45, 2.75) is 46.1 Å². The number of nitrogens with zero attached hydrogens (tertiary/aromatic N) is 2. The maximum atomic E-state index is 13.2. The molecule has 2 amide bonds. The first-order chi connectivity index (χ1) is 14.8. The normalized spacial score (nSPS) is 17.6. The van der Waals surface area contributed by atoms with Gasteiger partial charge < -0.3 is 15.0 Å². The number of ether oxygens (including phenoxy) is 1. The number of carbonyl (C=O) groups is 2. The number of halogens is 1. The van der Waals surface area contributed by atoms with Gasteiger partial charge in [0.15, 0.2) is 0 Å². The van der Waals surface area contributed by atoms with Gasteiger partial charge >= 0.3 is 0 Å². The van der Waals surface area contributed by atoms with Crippen LogP contribution in [-0.2, 0) is 27.5 Å². The van der Waals surface area contributed by atoms with Crippen LogP contribution in [0.15, 0.2) is 48.5 Å². The Kier molecular flexibility index (Phi) is 7.76. The monoisotopic (exact) mass is 427 g/mol. The van der Waals surface area contributed by atoms with Gasteiger partial charge in [-0.15, -0.1) is 0 Å². The Balaban J connectivity index is 1.68. The average Bonchev–Trinajstić information content (AvgIpc) is 2.87. The number of rotatable bonds is 7. The third kappa shape index (κ3) is 6.87. The molecule has 31 heavy (non-hydrogen) atoms. The molecule has 0 unspecified atom stereocenters. The summed E-state index contributed by atoms with van der Waals surface area (Å²) < 4.78 is 19.3. The Morgan fingerprint density at radius 3 is 2.35 bits per heavy atom. The number of hydrogen-bond donors (Lipinski definition) is 1. The molecule has 1 atom stereocenters. The lowest BCUT2D eigenvalue weighted by Crippen LogP contribution is -2.42. The second-order valence-electron chi connectivity index (χ2n) is 8.25. The predicted octanol–water partition coefficient (Wildman–Crippen LogP) is 3.42. The molecule has 0 aromatic heterocycles. The van der Waals surface area contributed by atoms with Gasteiger partial charge in [-0.05, 0) is 49.2 Å². The predicted molar refractivity (Wildman–Crippen MR) is 118 cm³/mol. The van der Waals surface area contributed by atoms with E-state index in [4.69, 9.17) is 4.74 Å². The summed E-state index contributed by atoms with van der Waals surface area (Å²) in [4.78, 5) is 28.0. The van der Waals surface area contributed by atoms with Crippen LogP contribution in [0.5, 0.6) is 0 Å². The number of carbonyl (C=O) groups excluding carboxylic acids is 2. The van der Waals surface area contributed by atoms with Crippen molar-refractivity contribution in [1.29, 1.82) is 0 Å². The lowest BCUT2D eigenvalue weighted by atomic mass is 10.2. The fourth-order valence-electron chi connectivity index (χ4n) is 3.69. The summed E-state index contributed by atoms with van der Waals surface area (Å²) in [5.41, 5.74) is 2.69. The van der Waals surface area contributed by atoms with Gasteiger partial charge in [0.1, 0.15) is 5.82 Å². The first-order valence-corrected chi connectivity index (χ1v) is 10.5. The zero-order valence-corrected chi connectivity index (χ0v) is 18.3. The molecule has 1 heterocycles. The maximum Gasteiger partial charge on any atom is 0.237 e. The van der Waals surface area contributed by atoms with Crippen LogP contribution in [0.4, 0.5) is 10.1 Å². The third-order valence-corrected chi connectivity index (χ3v) is 5.24. The van der Waals surface area contributed by atoms with Crippen molar-refractivity contribution in [1.82, 2.24) is 9.80 Å². The van der Waals surface area contributed by atoms with Gasteiger partial charge in [-0.25, -0.2) is 4.39 Å². The van der Waals surface area contributed by atoms with Crippen molar-refractivity contribution >= 4 is 17.5 Å². The highest BCUT2D eigenvalue weighted by Gasteiger charge is 2.29. The molecule has 1 saturated heterocycles. The fraction of sp³-hybridized carbons (Fsp3) is 0.417. The Hall–Kier alpha value is -2.77. The van der Waals surface area contributed by atoms with E-state index in [1.165, 1.54) is 19.1 Å². The summed E-state index contributed by atoms with van der Waals surface area (Å²) in [6.45, 7) is 7.92. The van der Waals surface area contributed by atoms with Crippen molar-refractivity contribution in [3.8, 4) is 0 Å². The summed E-state index contributed by atoms with van der Waals surface area (Å²) >= 11 is 0. The molecule has 6 nitrogen and oxygen atoms in total. The lowest BCUT2D eigenvalue weighted by Gasteiger charge is -2.27. The van der Waals surface area contributed by atoms with E-state index in [9.17, 15) is 14.0 Å². The van der Waals surface area contributed by atoms with Gasteiger partial charge in [0.2, 0.25) is 11.8 Å². The van der Waals surface area contributed by atoms with Crippen LogP contribution in [0.25, 0.3) is 0 Å². The van der Waals surface area contributed by atoms with Gasteiger partial charge in [0.25, 0.3) is 0 Å². The van der Waals surface area contributed by atoms with Crippen molar-refractivity contribution in [2.24, 2.45) is 0 Å². The Morgan fingerprint density at radius 2 is 1.74 bits per heavy atom. The number of hydrogen-bond acceptors (Lipinski definition) is 4. The maximum absolute atomic E-state index is 13.2. The molecule has 0 aliphatic carbocycles. The van der Waals surface area contributed by atoms with Crippen LogP contribution in [0.1, 0.15) is 31.9 Å². The standard InChI is InChI=1S/C24H30FN3O3/c1-17(2)28-14-23(31-16-20-4-8-21(25)9-5-20)13-27(15-24(28)30)12-19-6-10-22(11-7-19)26-18(3)29/h4-11,17,23H,12-16H2,1-3H3,(H,26,29)/t23-/m1/s1. The van der Waals surface area contributed by atoms with Crippen LogP contribution in [0, 0.1) is 5.82 Å². The van der Waals surface area contributed by atoms with Gasteiger partial charge in [0, 0.05) is 38.3 Å². The number of amides is 2. The van der Waals surface area contributed by atoms with E-state index in [1.807, 2.05) is 43.0 Å². The quantitative estimate of drug-likeness (QED) is 0.736. The fourth-order valence-corrected chi connectivity index (χ4v) is 3.69. The zero-order valence-electron chi connectivity index (χ0n) is 18.3. The van der Waals surface area contributed by atoms with Gasteiger partial charge in [0.05, 0.1) is 19.3 Å². The summed E-state index contributed by atoms with van der Waals surface area (Å²) in [7, 11) is 0. The first-order valence-electron chi connectivity index (χ1n) is 10.5. The molecule has 2 aromatic rings. The molecule has 1 fully saturated rings. The lowest BCUT2D eigenvalue weighted by molar-refractivity contribution is -0.133. The summed E-state index contributed by atoms with van der Waals surface area (Å²) in [5, 5.41) is 2.76. The molecule has 0 saturated carbocycles. The van der Waals surface area contributed by atoms with Crippen molar-refractivity contribution in [3.63, 3.8) is 0 Å². The molecule has 1 N–H and O–H groups in total. The van der Waals surface area contributed by atoms with E-state index in [2.05, 4.69) is 10.2 Å². The van der Waals surface area contributed by atoms with Gasteiger partial charge in [-0.2, -0.15) is 0 Å². The number of nitrogens with one attached hydrogen (secondary N) is 1. The minimum Gasteiger partial charge on any atom is -0.370 e. The van der Waals surface area contributed by atoms with Gasteiger partial charge in [-0.1, -0.05) is 24.3 Å². The van der Waals surface area contributed by atoms with Crippen molar-refractivity contribution in [3.05, 3.63) is 65.5 Å². The molecule has 1 aliphatic rings. The van der Waals surface area contributed by atoms with E-state index in [0.717, 1.165) is 16.8 Å². The molecular formula is C24H30FN3O3. The zero-order chi connectivity index (χ0) is 22.4. The topological polar surface area (TPSA) is 61.9 Å². The molecule has 2 aromatic carbocycles. The molecule has 166 valence electrons. The molecule has 0 radical (unpaired) electrons. The van der Waals surface area contributed by atoms with Crippen molar-refractivity contribution < 1.29 is 18.7 Å². The largest absolute Gasteiger partial charge is 0.370 e. The average molecular weight is 428 g/mol. The van der Waals surface area contributed by atoms with E-state index in [0.29, 0.717) is 32.8 Å². The van der Waals surface area contributed by atoms with E-state index in [-0.39, 0.29) is 29.8 Å². The summed E-state index contributed by atoms with van der Waals surface area (Å²) in [6, 6.07) is 14.0. The van der Waals surface area contributed by atoms with Crippen molar-refractivity contribution in [2.75, 3.05) is 25.0 Å². The van der Waals surface area contributed by atoms with Crippen LogP contribution in [-0.4, -0.2) is 53.4 Å². The number of anilines is 1. The van der Waals surface area contributed by atoms with Crippen LogP contribution in [0.3, 0.4) is 0 Å². The highest BCUT2D eigenvalue weighted by Crippen LogP contribution is 2.17. The molecule has 0 bridgehead atoms. The SMILES string of the molecule is CC(=O)Nc1ccc(CN2CC(=O)N(C(C)C)C[C@H](OCc3ccc(F)cc3)C2)cc1. The molecular weight excluding hydrogens is 397 g/mol. The van der Waals surface area contributed by atoms with Crippen LogP contribution in [0.2, 0.25) is 0 Å². The second kappa shape index (κ2) is 10.5. The Labute approximate surface area is 183 Å². The molecule has 7 heteroatoms. The van der Waals surface area contributed by atoms with Gasteiger partial charge in [-0.3, -0.25) is 14.5 Å². The van der Waals surface area contributed by atoms with Crippen LogP contribution < -0.4 is 5.32 Å². The minimum absolute atomic E-state index is 0.0812. The Morgan fingerprint density at radius 1 is 1.10 bits per heavy atom. The molecule has 0 spiro atoms. The van der Waals surface area contributed by atoms with E-state index in [1.54, 1.807) is 12.1 Å². The summed E-state index contributed by atoms with van der Waals surface area (Å²) in [6.07, 6.45) is -0.155. The van der Waals surface area contributed by atoms with E-state index >= 15 is 0 Å². The molecule has 3 rings (SSSR count). The number of benzene rings is 2. The minimum atomic E-state index is -0.273. The highest BCUT2D eigenvalue weighted by molar-refractivity contribution is 5.88. The second-order valence-corrected chi connectivity index (χ2v) is 8.25. The summed E-state index contributed by atoms with van der Waals surface area (Å²) in [5.74, 6) is -0.302. The third-order valence-electron chi connectivity index (χ3n) is 5.24.